The molecule has 3 heteroatoms. The molecule has 0 aliphatic heterocycles. The van der Waals surface area contributed by atoms with Crippen molar-refractivity contribution in [2.24, 2.45) is 11.8 Å². The number of imidazole rings is 1. The highest BCUT2D eigenvalue weighted by Crippen LogP contribution is 2.40. The summed E-state index contributed by atoms with van der Waals surface area (Å²) in [5, 5.41) is 10.7. The van der Waals surface area contributed by atoms with E-state index in [-0.39, 0.29) is 6.10 Å². The first-order valence-electron chi connectivity index (χ1n) is 7.35. The highest BCUT2D eigenvalue weighted by atomic mass is 16.3. The van der Waals surface area contributed by atoms with E-state index in [0.717, 1.165) is 12.1 Å². The van der Waals surface area contributed by atoms with Crippen LogP contribution in [0.1, 0.15) is 70.7 Å². The molecule has 0 spiro atoms. The lowest BCUT2D eigenvalue weighted by Crippen LogP contribution is -2.27. The summed E-state index contributed by atoms with van der Waals surface area (Å²) >= 11 is 0. The second-order valence-corrected chi connectivity index (χ2v) is 5.88. The van der Waals surface area contributed by atoms with Crippen LogP contribution in [-0.2, 0) is 0 Å². The van der Waals surface area contributed by atoms with Gasteiger partial charge >= 0.3 is 0 Å². The van der Waals surface area contributed by atoms with Crippen LogP contribution in [0.25, 0.3) is 0 Å². The minimum atomic E-state index is -0.347. The van der Waals surface area contributed by atoms with Crippen molar-refractivity contribution in [2.45, 2.75) is 65.0 Å². The van der Waals surface area contributed by atoms with Crippen molar-refractivity contribution in [1.82, 2.24) is 9.55 Å². The van der Waals surface area contributed by atoms with Crippen LogP contribution in [0.5, 0.6) is 0 Å². The molecule has 1 aliphatic rings. The number of aliphatic hydroxyl groups excluding tert-OH is 1. The molecule has 0 saturated heterocycles. The molecule has 0 aromatic carbocycles. The highest BCUT2D eigenvalue weighted by molar-refractivity contribution is 5.06. The number of rotatable bonds is 4. The van der Waals surface area contributed by atoms with Gasteiger partial charge in [0.1, 0.15) is 0 Å². The van der Waals surface area contributed by atoms with Crippen LogP contribution < -0.4 is 0 Å². The summed E-state index contributed by atoms with van der Waals surface area (Å²) in [6.07, 6.45) is 9.52. The van der Waals surface area contributed by atoms with E-state index in [2.05, 4.69) is 30.3 Å². The summed E-state index contributed by atoms with van der Waals surface area (Å²) in [6, 6.07) is 0.362. The van der Waals surface area contributed by atoms with E-state index in [4.69, 9.17) is 0 Å². The molecule has 1 aromatic rings. The average Bonchev–Trinajstić information content (AvgIpc) is 2.87. The molecular weight excluding hydrogens is 224 g/mol. The molecule has 0 radical (unpaired) electrons. The summed E-state index contributed by atoms with van der Waals surface area (Å²) in [6.45, 7) is 6.52. The van der Waals surface area contributed by atoms with Crippen molar-refractivity contribution in [3.63, 3.8) is 0 Å². The van der Waals surface area contributed by atoms with Gasteiger partial charge in [-0.25, -0.2) is 4.98 Å². The van der Waals surface area contributed by atoms with Crippen LogP contribution in [0.4, 0.5) is 0 Å². The van der Waals surface area contributed by atoms with E-state index in [1.807, 2.05) is 12.5 Å². The van der Waals surface area contributed by atoms with Crippen LogP contribution in [0, 0.1) is 11.8 Å². The molecule has 1 aromatic heterocycles. The molecule has 0 amide bonds. The topological polar surface area (TPSA) is 38.1 Å². The van der Waals surface area contributed by atoms with Crippen molar-refractivity contribution >= 4 is 0 Å². The molecule has 3 nitrogen and oxygen atoms in total. The van der Waals surface area contributed by atoms with Crippen molar-refractivity contribution in [1.29, 1.82) is 0 Å². The number of nitrogens with zero attached hydrogens (tertiary/aromatic N) is 2. The first kappa shape index (κ1) is 13.6. The number of hydrogen-bond acceptors (Lipinski definition) is 2. The zero-order valence-electron chi connectivity index (χ0n) is 11.8. The van der Waals surface area contributed by atoms with Crippen LogP contribution in [0.3, 0.4) is 0 Å². The molecule has 3 unspecified atom stereocenters. The summed E-state index contributed by atoms with van der Waals surface area (Å²) in [5.74, 6) is 1.09. The Kier molecular flexibility index (Phi) is 4.44. The van der Waals surface area contributed by atoms with Crippen LogP contribution in [-0.4, -0.2) is 14.7 Å². The largest absolute Gasteiger partial charge is 0.387 e. The fourth-order valence-corrected chi connectivity index (χ4v) is 3.35. The van der Waals surface area contributed by atoms with Crippen molar-refractivity contribution < 1.29 is 5.11 Å². The van der Waals surface area contributed by atoms with Gasteiger partial charge < -0.3 is 9.67 Å². The SMILES string of the molecule is CCC1CCCCC1C(O)c1cncn1C(C)C. The fraction of sp³-hybridized carbons (Fsp3) is 0.800. The minimum Gasteiger partial charge on any atom is -0.387 e. The fourth-order valence-electron chi connectivity index (χ4n) is 3.35. The van der Waals surface area contributed by atoms with Crippen LogP contribution in [0.2, 0.25) is 0 Å². The summed E-state index contributed by atoms with van der Waals surface area (Å²) in [4.78, 5) is 4.21. The van der Waals surface area contributed by atoms with Crippen molar-refractivity contribution in [2.75, 3.05) is 0 Å². The average molecular weight is 250 g/mol. The lowest BCUT2D eigenvalue weighted by Gasteiger charge is -2.34. The Morgan fingerprint density at radius 1 is 1.39 bits per heavy atom. The van der Waals surface area contributed by atoms with Crippen LogP contribution >= 0.6 is 0 Å². The molecule has 102 valence electrons. The van der Waals surface area contributed by atoms with Crippen molar-refractivity contribution in [3.8, 4) is 0 Å². The Morgan fingerprint density at radius 2 is 2.11 bits per heavy atom. The Morgan fingerprint density at radius 3 is 2.78 bits per heavy atom. The summed E-state index contributed by atoms with van der Waals surface area (Å²) in [7, 11) is 0. The molecule has 1 saturated carbocycles. The zero-order valence-corrected chi connectivity index (χ0v) is 11.8. The van der Waals surface area contributed by atoms with E-state index in [1.54, 1.807) is 0 Å². The van der Waals surface area contributed by atoms with Crippen LogP contribution in [0.15, 0.2) is 12.5 Å². The second-order valence-electron chi connectivity index (χ2n) is 5.88. The molecule has 18 heavy (non-hydrogen) atoms. The molecule has 3 atom stereocenters. The van der Waals surface area contributed by atoms with Gasteiger partial charge in [-0.15, -0.1) is 0 Å². The molecule has 2 rings (SSSR count). The van der Waals surface area contributed by atoms with Gasteiger partial charge in [0, 0.05) is 6.04 Å². The third kappa shape index (κ3) is 2.61. The Balaban J connectivity index is 2.18. The van der Waals surface area contributed by atoms with Crippen molar-refractivity contribution in [3.05, 3.63) is 18.2 Å². The first-order chi connectivity index (χ1) is 8.65. The van der Waals surface area contributed by atoms with Gasteiger partial charge in [0.2, 0.25) is 0 Å². The predicted molar refractivity (Wildman–Crippen MR) is 73.3 cm³/mol. The van der Waals surface area contributed by atoms with Gasteiger partial charge in [-0.05, 0) is 32.1 Å². The van der Waals surface area contributed by atoms with Gasteiger partial charge in [-0.2, -0.15) is 0 Å². The lowest BCUT2D eigenvalue weighted by atomic mass is 9.74. The predicted octanol–water partition coefficient (Wildman–Crippen LogP) is 3.71. The Labute approximate surface area is 110 Å². The highest BCUT2D eigenvalue weighted by Gasteiger charge is 2.32. The molecule has 0 bridgehead atoms. The quantitative estimate of drug-likeness (QED) is 0.884. The number of hydrogen-bond donors (Lipinski definition) is 1. The molecule has 1 fully saturated rings. The zero-order chi connectivity index (χ0) is 13.1. The number of aliphatic hydroxyl groups is 1. The lowest BCUT2D eigenvalue weighted by molar-refractivity contribution is 0.0390. The van der Waals surface area contributed by atoms with E-state index in [1.165, 1.54) is 25.7 Å². The van der Waals surface area contributed by atoms with Gasteiger partial charge in [0.05, 0.1) is 24.3 Å². The van der Waals surface area contributed by atoms with E-state index >= 15 is 0 Å². The Bertz CT molecular complexity index is 372. The smallest absolute Gasteiger partial charge is 0.0986 e. The van der Waals surface area contributed by atoms with Gasteiger partial charge in [0.25, 0.3) is 0 Å². The Hall–Kier alpha value is -0.830. The van der Waals surface area contributed by atoms with E-state index < -0.39 is 0 Å². The van der Waals surface area contributed by atoms with E-state index in [0.29, 0.717) is 17.9 Å². The second kappa shape index (κ2) is 5.87. The third-order valence-corrected chi connectivity index (χ3v) is 4.45. The minimum absolute atomic E-state index is 0.347. The third-order valence-electron chi connectivity index (χ3n) is 4.45. The van der Waals surface area contributed by atoms with Gasteiger partial charge in [-0.1, -0.05) is 32.6 Å². The maximum absolute atomic E-state index is 10.7. The first-order valence-corrected chi connectivity index (χ1v) is 7.35. The molecule has 1 N–H and O–H groups in total. The molecule has 1 aliphatic carbocycles. The standard InChI is InChI=1S/C15H26N2O/c1-4-12-7-5-6-8-13(12)15(18)14-9-16-10-17(14)11(2)3/h9-13,15,18H,4-8H2,1-3H3. The summed E-state index contributed by atoms with van der Waals surface area (Å²) < 4.78 is 2.10. The van der Waals surface area contributed by atoms with Gasteiger partial charge in [0.15, 0.2) is 0 Å². The molecule has 1 heterocycles. The normalized spacial score (nSPS) is 26.5. The van der Waals surface area contributed by atoms with Gasteiger partial charge in [-0.3, -0.25) is 0 Å². The molecular formula is C15H26N2O. The maximum Gasteiger partial charge on any atom is 0.0986 e. The van der Waals surface area contributed by atoms with E-state index in [9.17, 15) is 5.11 Å². The number of aromatic nitrogens is 2. The maximum atomic E-state index is 10.7. The monoisotopic (exact) mass is 250 g/mol. The summed E-state index contributed by atoms with van der Waals surface area (Å²) in [5.41, 5.74) is 0.996.